The zero-order chi connectivity index (χ0) is 18.9. The number of hydrogen-bond acceptors (Lipinski definition) is 3. The third kappa shape index (κ3) is 6.67. The Morgan fingerprint density at radius 3 is 2.39 bits per heavy atom. The van der Waals surface area contributed by atoms with Gasteiger partial charge in [0, 0.05) is 46.3 Å². The highest BCUT2D eigenvalue weighted by atomic mass is 127. The molecule has 2 aromatic carbocycles. The molecule has 1 aliphatic rings. The van der Waals surface area contributed by atoms with Crippen molar-refractivity contribution in [3.8, 4) is 5.75 Å². The normalized spacial score (nSPS) is 15.1. The maximum Gasteiger partial charge on any atom is 0.193 e. The number of nitrogens with one attached hydrogen (secondary N) is 1. The van der Waals surface area contributed by atoms with E-state index >= 15 is 0 Å². The second kappa shape index (κ2) is 11.9. The van der Waals surface area contributed by atoms with Gasteiger partial charge in [-0.1, -0.05) is 42.5 Å². The summed E-state index contributed by atoms with van der Waals surface area (Å²) in [6, 6.07) is 18.9. The first-order chi connectivity index (χ1) is 13.3. The van der Waals surface area contributed by atoms with Crippen molar-refractivity contribution in [3.05, 3.63) is 65.7 Å². The van der Waals surface area contributed by atoms with E-state index in [0.29, 0.717) is 0 Å². The van der Waals surface area contributed by atoms with Crippen molar-refractivity contribution in [2.45, 2.75) is 13.0 Å². The van der Waals surface area contributed by atoms with Crippen LogP contribution in [0.25, 0.3) is 0 Å². The van der Waals surface area contributed by atoms with Crippen LogP contribution in [-0.2, 0) is 13.0 Å². The van der Waals surface area contributed by atoms with E-state index < -0.39 is 0 Å². The fourth-order valence-electron chi connectivity index (χ4n) is 3.44. The number of aliphatic imine (C=N–C) groups is 1. The maximum atomic E-state index is 5.29. The maximum absolute atomic E-state index is 5.29. The average Bonchev–Trinajstić information content (AvgIpc) is 2.73. The van der Waals surface area contributed by atoms with E-state index in [4.69, 9.17) is 4.74 Å². The van der Waals surface area contributed by atoms with Gasteiger partial charge in [0.1, 0.15) is 5.75 Å². The van der Waals surface area contributed by atoms with E-state index in [9.17, 15) is 0 Å². The molecule has 0 bridgehead atoms. The molecule has 1 aliphatic heterocycles. The van der Waals surface area contributed by atoms with Crippen LogP contribution in [0.3, 0.4) is 0 Å². The molecule has 0 radical (unpaired) electrons. The molecule has 1 fully saturated rings. The first-order valence-corrected chi connectivity index (χ1v) is 9.63. The van der Waals surface area contributed by atoms with Crippen molar-refractivity contribution in [2.75, 3.05) is 46.9 Å². The minimum atomic E-state index is 0. The van der Waals surface area contributed by atoms with Crippen molar-refractivity contribution in [2.24, 2.45) is 4.99 Å². The summed E-state index contributed by atoms with van der Waals surface area (Å²) in [5, 5.41) is 3.51. The molecule has 0 aromatic heterocycles. The number of rotatable bonds is 6. The van der Waals surface area contributed by atoms with Crippen molar-refractivity contribution >= 4 is 29.9 Å². The molecular formula is C22H31IN4O. The van der Waals surface area contributed by atoms with Crippen LogP contribution in [0.1, 0.15) is 11.1 Å². The van der Waals surface area contributed by atoms with Crippen LogP contribution >= 0.6 is 24.0 Å². The van der Waals surface area contributed by atoms with Crippen LogP contribution in [-0.4, -0.2) is 62.6 Å². The molecular weight excluding hydrogens is 463 g/mol. The van der Waals surface area contributed by atoms with Gasteiger partial charge in [-0.25, -0.2) is 0 Å². The number of benzene rings is 2. The third-order valence-corrected chi connectivity index (χ3v) is 4.96. The molecule has 0 amide bonds. The number of halogens is 1. The molecule has 0 aliphatic carbocycles. The number of guanidine groups is 1. The molecule has 3 rings (SSSR count). The molecule has 152 valence electrons. The summed E-state index contributed by atoms with van der Waals surface area (Å²) in [7, 11) is 3.57. The van der Waals surface area contributed by atoms with Crippen molar-refractivity contribution in [1.29, 1.82) is 0 Å². The van der Waals surface area contributed by atoms with E-state index in [-0.39, 0.29) is 24.0 Å². The number of nitrogens with zero attached hydrogens (tertiary/aromatic N) is 3. The monoisotopic (exact) mass is 494 g/mol. The minimum absolute atomic E-state index is 0. The highest BCUT2D eigenvalue weighted by molar-refractivity contribution is 14.0. The molecule has 0 unspecified atom stereocenters. The summed E-state index contributed by atoms with van der Waals surface area (Å²) in [4.78, 5) is 9.34. The minimum Gasteiger partial charge on any atom is -0.497 e. The average molecular weight is 494 g/mol. The number of piperazine rings is 1. The van der Waals surface area contributed by atoms with Gasteiger partial charge in [0.05, 0.1) is 7.11 Å². The van der Waals surface area contributed by atoms with Crippen LogP contribution in [0.5, 0.6) is 5.75 Å². The number of hydrogen-bond donors (Lipinski definition) is 1. The van der Waals surface area contributed by atoms with Gasteiger partial charge in [-0.2, -0.15) is 0 Å². The largest absolute Gasteiger partial charge is 0.497 e. The van der Waals surface area contributed by atoms with Crippen LogP contribution in [0.15, 0.2) is 59.6 Å². The summed E-state index contributed by atoms with van der Waals surface area (Å²) in [6.07, 6.45) is 0.949. The Labute approximate surface area is 185 Å². The van der Waals surface area contributed by atoms with E-state index in [1.165, 1.54) is 11.1 Å². The molecule has 0 saturated carbocycles. The lowest BCUT2D eigenvalue weighted by Gasteiger charge is -2.36. The molecule has 1 saturated heterocycles. The van der Waals surface area contributed by atoms with Gasteiger partial charge in [-0.3, -0.25) is 9.89 Å². The zero-order valence-corrected chi connectivity index (χ0v) is 19.1. The van der Waals surface area contributed by atoms with Gasteiger partial charge in [0.25, 0.3) is 0 Å². The smallest absolute Gasteiger partial charge is 0.193 e. The molecule has 0 spiro atoms. The fraction of sp³-hybridized carbons (Fsp3) is 0.409. The Balaban J connectivity index is 0.00000280. The number of ether oxygens (including phenoxy) is 1. The Morgan fingerprint density at radius 2 is 1.71 bits per heavy atom. The van der Waals surface area contributed by atoms with Crippen LogP contribution < -0.4 is 10.1 Å². The van der Waals surface area contributed by atoms with Gasteiger partial charge in [-0.05, 0) is 29.7 Å². The standard InChI is InChI=1S/C22H30N4O.HI/c1-23-22(24-12-11-19-9-6-10-21(17-19)27-2)26-15-13-25(14-16-26)18-20-7-4-3-5-8-20;/h3-10,17H,11-16,18H2,1-2H3,(H,23,24);1H. The summed E-state index contributed by atoms with van der Waals surface area (Å²) in [5.41, 5.74) is 2.65. The van der Waals surface area contributed by atoms with Crippen LogP contribution in [0, 0.1) is 0 Å². The van der Waals surface area contributed by atoms with E-state index in [1.807, 2.05) is 19.2 Å². The molecule has 2 aromatic rings. The van der Waals surface area contributed by atoms with Gasteiger partial charge in [-0.15, -0.1) is 24.0 Å². The summed E-state index contributed by atoms with van der Waals surface area (Å²) >= 11 is 0. The molecule has 0 atom stereocenters. The Hall–Kier alpha value is -1.80. The van der Waals surface area contributed by atoms with E-state index in [1.54, 1.807) is 7.11 Å². The lowest BCUT2D eigenvalue weighted by molar-refractivity contribution is 0.172. The highest BCUT2D eigenvalue weighted by Gasteiger charge is 2.19. The van der Waals surface area contributed by atoms with Crippen LogP contribution in [0.2, 0.25) is 0 Å². The number of methoxy groups -OCH3 is 1. The van der Waals surface area contributed by atoms with Gasteiger partial charge >= 0.3 is 0 Å². The lowest BCUT2D eigenvalue weighted by Crippen LogP contribution is -2.52. The van der Waals surface area contributed by atoms with Crippen molar-refractivity contribution < 1.29 is 4.74 Å². The van der Waals surface area contributed by atoms with E-state index in [2.05, 4.69) is 62.6 Å². The second-order valence-electron chi connectivity index (χ2n) is 6.82. The Morgan fingerprint density at radius 1 is 1.00 bits per heavy atom. The quantitative estimate of drug-likeness (QED) is 0.381. The Bertz CT molecular complexity index is 730. The molecule has 28 heavy (non-hydrogen) atoms. The lowest BCUT2D eigenvalue weighted by atomic mass is 10.1. The van der Waals surface area contributed by atoms with Gasteiger partial charge < -0.3 is 15.0 Å². The van der Waals surface area contributed by atoms with E-state index in [0.717, 1.165) is 57.4 Å². The van der Waals surface area contributed by atoms with Gasteiger partial charge in [0.15, 0.2) is 5.96 Å². The third-order valence-electron chi connectivity index (χ3n) is 4.96. The second-order valence-corrected chi connectivity index (χ2v) is 6.82. The summed E-state index contributed by atoms with van der Waals surface area (Å²) in [6.45, 7) is 6.02. The zero-order valence-electron chi connectivity index (χ0n) is 16.8. The highest BCUT2D eigenvalue weighted by Crippen LogP contribution is 2.13. The van der Waals surface area contributed by atoms with Crippen LogP contribution in [0.4, 0.5) is 0 Å². The first kappa shape index (κ1) is 22.5. The first-order valence-electron chi connectivity index (χ1n) is 9.63. The predicted octanol–water partition coefficient (Wildman–Crippen LogP) is 3.25. The summed E-state index contributed by atoms with van der Waals surface area (Å²) in [5.74, 6) is 1.91. The molecule has 5 nitrogen and oxygen atoms in total. The predicted molar refractivity (Wildman–Crippen MR) is 127 cm³/mol. The Kier molecular flexibility index (Phi) is 9.57. The van der Waals surface area contributed by atoms with Crippen molar-refractivity contribution in [3.63, 3.8) is 0 Å². The van der Waals surface area contributed by atoms with Gasteiger partial charge in [0.2, 0.25) is 0 Å². The van der Waals surface area contributed by atoms with Crippen molar-refractivity contribution in [1.82, 2.24) is 15.1 Å². The fourth-order valence-corrected chi connectivity index (χ4v) is 3.44. The molecule has 6 heteroatoms. The summed E-state index contributed by atoms with van der Waals surface area (Å²) < 4.78 is 5.29. The molecule has 1 N–H and O–H groups in total. The topological polar surface area (TPSA) is 40.1 Å². The SMILES string of the molecule is CN=C(NCCc1cccc(OC)c1)N1CCN(Cc2ccccc2)CC1.I. The molecule has 1 heterocycles.